The molecular formula is C21H18N4O2. The van der Waals surface area contributed by atoms with Crippen LogP contribution in [0.4, 0.5) is 5.69 Å². The van der Waals surface area contributed by atoms with Gasteiger partial charge >= 0.3 is 0 Å². The maximum absolute atomic E-state index is 12.3. The van der Waals surface area contributed by atoms with Crippen molar-refractivity contribution >= 4 is 17.4 Å². The van der Waals surface area contributed by atoms with Crippen LogP contribution in [0.1, 0.15) is 6.92 Å². The van der Waals surface area contributed by atoms with Crippen LogP contribution < -0.4 is 10.1 Å². The van der Waals surface area contributed by atoms with E-state index < -0.39 is 6.10 Å². The topological polar surface area (TPSA) is 68.5 Å². The van der Waals surface area contributed by atoms with Crippen molar-refractivity contribution in [2.45, 2.75) is 13.0 Å². The first kappa shape index (κ1) is 16.8. The van der Waals surface area contributed by atoms with Crippen molar-refractivity contribution in [2.24, 2.45) is 0 Å². The second-order valence-corrected chi connectivity index (χ2v) is 6.09. The number of para-hydroxylation sites is 1. The van der Waals surface area contributed by atoms with E-state index in [2.05, 4.69) is 15.3 Å². The molecule has 2 aromatic heterocycles. The third kappa shape index (κ3) is 3.79. The van der Waals surface area contributed by atoms with Crippen molar-refractivity contribution in [3.05, 3.63) is 79.3 Å². The lowest BCUT2D eigenvalue weighted by atomic mass is 10.1. The van der Waals surface area contributed by atoms with Gasteiger partial charge in [0.2, 0.25) is 5.78 Å². The van der Waals surface area contributed by atoms with E-state index in [1.165, 1.54) is 0 Å². The number of hydrogen-bond donors (Lipinski definition) is 1. The summed E-state index contributed by atoms with van der Waals surface area (Å²) in [5.41, 5.74) is 2.48. The second-order valence-electron chi connectivity index (χ2n) is 6.09. The third-order valence-corrected chi connectivity index (χ3v) is 4.11. The van der Waals surface area contributed by atoms with Gasteiger partial charge in [-0.05, 0) is 37.3 Å². The molecule has 0 unspecified atom stereocenters. The number of anilines is 1. The summed E-state index contributed by atoms with van der Waals surface area (Å²) < 4.78 is 7.51. The van der Waals surface area contributed by atoms with Crippen molar-refractivity contribution in [1.29, 1.82) is 0 Å². The van der Waals surface area contributed by atoms with Crippen LogP contribution in [-0.4, -0.2) is 26.4 Å². The summed E-state index contributed by atoms with van der Waals surface area (Å²) in [5.74, 6) is 1.11. The number of nitrogens with one attached hydrogen (secondary N) is 1. The maximum Gasteiger partial charge on any atom is 0.265 e. The first-order chi connectivity index (χ1) is 13.2. The van der Waals surface area contributed by atoms with Gasteiger partial charge in [-0.25, -0.2) is 9.97 Å². The predicted octanol–water partition coefficient (Wildman–Crippen LogP) is 3.80. The average molecular weight is 358 g/mol. The van der Waals surface area contributed by atoms with Crippen molar-refractivity contribution in [2.75, 3.05) is 5.32 Å². The fraction of sp³-hybridized carbons (Fsp3) is 0.0952. The summed E-state index contributed by atoms with van der Waals surface area (Å²) in [6.45, 7) is 1.72. The zero-order valence-electron chi connectivity index (χ0n) is 14.7. The van der Waals surface area contributed by atoms with Crippen LogP contribution in [0.2, 0.25) is 0 Å². The molecular weight excluding hydrogens is 340 g/mol. The molecule has 0 aliphatic carbocycles. The monoisotopic (exact) mass is 358 g/mol. The molecule has 2 heterocycles. The van der Waals surface area contributed by atoms with Crippen LogP contribution in [0, 0.1) is 0 Å². The molecule has 0 aliphatic rings. The molecule has 4 rings (SSSR count). The Kier molecular flexibility index (Phi) is 4.53. The first-order valence-electron chi connectivity index (χ1n) is 8.62. The van der Waals surface area contributed by atoms with Crippen LogP contribution in [0.3, 0.4) is 0 Å². The largest absolute Gasteiger partial charge is 0.481 e. The van der Waals surface area contributed by atoms with E-state index in [1.54, 1.807) is 13.1 Å². The van der Waals surface area contributed by atoms with Crippen molar-refractivity contribution in [3.63, 3.8) is 0 Å². The standard InChI is InChI=1S/C21H18N4O2/c1-15(27-18-6-3-2-4-7-18)20(26)23-17-10-8-16(9-11-17)19-14-25-13-5-12-22-21(25)24-19/h2-15H,1H3,(H,23,26)/t15-/m1/s1. The third-order valence-electron chi connectivity index (χ3n) is 4.11. The highest BCUT2D eigenvalue weighted by atomic mass is 16.5. The SMILES string of the molecule is C[C@@H](Oc1ccccc1)C(=O)Nc1ccc(-c2cn3cccnc3n2)cc1. The van der Waals surface area contributed by atoms with Crippen molar-refractivity contribution in [3.8, 4) is 17.0 Å². The Morgan fingerprint density at radius 2 is 1.85 bits per heavy atom. The van der Waals surface area contributed by atoms with Crippen LogP contribution in [0.25, 0.3) is 17.0 Å². The van der Waals surface area contributed by atoms with Gasteiger partial charge in [0.1, 0.15) is 5.75 Å². The number of hydrogen-bond acceptors (Lipinski definition) is 4. The zero-order valence-corrected chi connectivity index (χ0v) is 14.7. The number of amides is 1. The van der Waals surface area contributed by atoms with Gasteiger partial charge < -0.3 is 10.1 Å². The van der Waals surface area contributed by atoms with Gasteiger partial charge in [0, 0.05) is 29.8 Å². The molecule has 0 saturated carbocycles. The number of rotatable bonds is 5. The fourth-order valence-electron chi connectivity index (χ4n) is 2.69. The Morgan fingerprint density at radius 1 is 1.07 bits per heavy atom. The lowest BCUT2D eigenvalue weighted by Gasteiger charge is -2.14. The summed E-state index contributed by atoms with van der Waals surface area (Å²) in [6.07, 6.45) is 4.94. The normalized spacial score (nSPS) is 11.9. The summed E-state index contributed by atoms with van der Waals surface area (Å²) in [4.78, 5) is 21.0. The minimum absolute atomic E-state index is 0.205. The number of carbonyl (C=O) groups excluding carboxylic acids is 1. The molecule has 4 aromatic rings. The predicted molar refractivity (Wildman–Crippen MR) is 104 cm³/mol. The number of carbonyl (C=O) groups is 1. The summed E-state index contributed by atoms with van der Waals surface area (Å²) in [6, 6.07) is 18.7. The number of imidazole rings is 1. The minimum Gasteiger partial charge on any atom is -0.481 e. The lowest BCUT2D eigenvalue weighted by molar-refractivity contribution is -0.122. The van der Waals surface area contributed by atoms with Crippen molar-refractivity contribution < 1.29 is 9.53 Å². The lowest BCUT2D eigenvalue weighted by Crippen LogP contribution is -2.30. The second kappa shape index (κ2) is 7.29. The van der Waals surface area contributed by atoms with E-state index in [-0.39, 0.29) is 5.91 Å². The summed E-state index contributed by atoms with van der Waals surface area (Å²) in [5, 5.41) is 2.87. The molecule has 1 N–H and O–H groups in total. The maximum atomic E-state index is 12.3. The van der Waals surface area contributed by atoms with E-state index in [0.717, 1.165) is 11.3 Å². The Balaban J connectivity index is 1.43. The minimum atomic E-state index is -0.600. The van der Waals surface area contributed by atoms with Crippen LogP contribution >= 0.6 is 0 Å². The van der Waals surface area contributed by atoms with Gasteiger partial charge in [-0.2, -0.15) is 0 Å². The van der Waals surface area contributed by atoms with Crippen LogP contribution in [0.15, 0.2) is 79.3 Å². The van der Waals surface area contributed by atoms with Gasteiger partial charge in [-0.15, -0.1) is 0 Å². The molecule has 0 saturated heterocycles. The summed E-state index contributed by atoms with van der Waals surface area (Å²) >= 11 is 0. The fourth-order valence-corrected chi connectivity index (χ4v) is 2.69. The van der Waals surface area contributed by atoms with Gasteiger partial charge in [0.25, 0.3) is 5.91 Å². The van der Waals surface area contributed by atoms with Gasteiger partial charge in [0.15, 0.2) is 6.10 Å². The zero-order chi connectivity index (χ0) is 18.6. The molecule has 0 spiro atoms. The molecule has 0 aliphatic heterocycles. The molecule has 2 aromatic carbocycles. The van der Waals surface area contributed by atoms with Crippen LogP contribution in [-0.2, 0) is 4.79 Å². The van der Waals surface area contributed by atoms with E-state index >= 15 is 0 Å². The molecule has 6 nitrogen and oxygen atoms in total. The Morgan fingerprint density at radius 3 is 2.59 bits per heavy atom. The quantitative estimate of drug-likeness (QED) is 0.589. The van der Waals surface area contributed by atoms with Gasteiger partial charge in [-0.1, -0.05) is 30.3 Å². The molecule has 0 radical (unpaired) electrons. The Bertz CT molecular complexity index is 1030. The molecule has 27 heavy (non-hydrogen) atoms. The Hall–Kier alpha value is -3.67. The van der Waals surface area contributed by atoms with E-state index in [1.807, 2.05) is 77.5 Å². The van der Waals surface area contributed by atoms with Crippen molar-refractivity contribution in [1.82, 2.24) is 14.4 Å². The van der Waals surface area contributed by atoms with Crippen LogP contribution in [0.5, 0.6) is 5.75 Å². The smallest absolute Gasteiger partial charge is 0.265 e. The van der Waals surface area contributed by atoms with E-state index in [0.29, 0.717) is 17.2 Å². The number of ether oxygens (including phenoxy) is 1. The van der Waals surface area contributed by atoms with Gasteiger partial charge in [-0.3, -0.25) is 9.20 Å². The molecule has 0 fully saturated rings. The average Bonchev–Trinajstić information content (AvgIpc) is 3.13. The molecule has 1 amide bonds. The molecule has 0 bridgehead atoms. The molecule has 6 heteroatoms. The highest BCUT2D eigenvalue weighted by molar-refractivity contribution is 5.94. The number of nitrogens with zero attached hydrogens (tertiary/aromatic N) is 3. The number of benzene rings is 2. The first-order valence-corrected chi connectivity index (χ1v) is 8.62. The number of aromatic nitrogens is 3. The van der Waals surface area contributed by atoms with Gasteiger partial charge in [0.05, 0.1) is 5.69 Å². The highest BCUT2D eigenvalue weighted by Gasteiger charge is 2.15. The molecule has 1 atom stereocenters. The van der Waals surface area contributed by atoms with E-state index in [9.17, 15) is 4.79 Å². The van der Waals surface area contributed by atoms with E-state index in [4.69, 9.17) is 4.74 Å². The summed E-state index contributed by atoms with van der Waals surface area (Å²) in [7, 11) is 0. The molecule has 134 valence electrons. The number of fused-ring (bicyclic) bond motifs is 1. The Labute approximate surface area is 156 Å². The highest BCUT2D eigenvalue weighted by Crippen LogP contribution is 2.21.